The molecule has 0 radical (unpaired) electrons. The molecule has 0 aliphatic carbocycles. The molecule has 0 unspecified atom stereocenters. The highest BCUT2D eigenvalue weighted by Crippen LogP contribution is 2.33. The maximum Gasteiger partial charge on any atom is 0.408 e. The summed E-state index contributed by atoms with van der Waals surface area (Å²) in [5.74, 6) is -0.120. The van der Waals surface area contributed by atoms with Gasteiger partial charge in [0.05, 0.1) is 16.8 Å². The summed E-state index contributed by atoms with van der Waals surface area (Å²) < 4.78 is 61.9. The van der Waals surface area contributed by atoms with E-state index < -0.39 is 28.4 Å². The molecule has 0 bridgehead atoms. The summed E-state index contributed by atoms with van der Waals surface area (Å²) in [5, 5.41) is 4.80. The lowest BCUT2D eigenvalue weighted by Gasteiger charge is -2.10. The summed E-state index contributed by atoms with van der Waals surface area (Å²) in [4.78, 5) is 21.3. The molecule has 0 aliphatic heterocycles. The number of nitrogens with zero attached hydrogens (tertiary/aromatic N) is 5. The van der Waals surface area contributed by atoms with E-state index >= 15 is 0 Å². The first-order chi connectivity index (χ1) is 19.4. The van der Waals surface area contributed by atoms with Crippen LogP contribution in [0.1, 0.15) is 16.1 Å². The monoisotopic (exact) mass is 579 g/mol. The van der Waals surface area contributed by atoms with Crippen LogP contribution in [0.2, 0.25) is 0 Å². The molecule has 5 aromatic rings. The minimum atomic E-state index is -4.42. The third-order valence-electron chi connectivity index (χ3n) is 5.91. The van der Waals surface area contributed by atoms with Crippen molar-refractivity contribution >= 4 is 26.5 Å². The zero-order valence-electron chi connectivity index (χ0n) is 22.0. The quantitative estimate of drug-likeness (QED) is 0.229. The Balaban J connectivity index is 1.40. The van der Waals surface area contributed by atoms with Gasteiger partial charge in [0.25, 0.3) is 5.91 Å². The number of halogens is 3. The third-order valence-corrected chi connectivity index (χ3v) is 6.52. The van der Waals surface area contributed by atoms with Crippen LogP contribution in [0.25, 0.3) is 33.3 Å². The summed E-state index contributed by atoms with van der Waals surface area (Å²) in [7, 11) is -2.66. The van der Waals surface area contributed by atoms with E-state index in [1.807, 2.05) is 0 Å². The average molecular weight is 580 g/mol. The number of aromatic nitrogens is 4. The normalized spacial score (nSPS) is 11.9. The summed E-state index contributed by atoms with van der Waals surface area (Å²) in [6, 6.07) is 18.8. The first kappa shape index (κ1) is 28.0. The van der Waals surface area contributed by atoms with Gasteiger partial charge in [-0.05, 0) is 54.1 Å². The van der Waals surface area contributed by atoms with Crippen LogP contribution < -0.4 is 4.74 Å². The number of fused-ring (bicyclic) bond motifs is 1. The molecule has 1 amide bonds. The first-order valence-electron chi connectivity index (χ1n) is 12.3. The molecule has 3 aromatic heterocycles. The molecular formula is C29H24F3N5O3S. The second-order valence-electron chi connectivity index (χ2n) is 9.51. The van der Waals surface area contributed by atoms with Crippen molar-refractivity contribution in [2.75, 3.05) is 12.5 Å². The number of carbonyl (C=O) groups excluding carboxylic acids is 1. The Morgan fingerprint density at radius 3 is 2.39 bits per heavy atom. The zero-order valence-corrected chi connectivity index (χ0v) is 22.8. The number of carbonyl (C=O) groups is 1. The minimum Gasteiger partial charge on any atom is -0.487 e. The van der Waals surface area contributed by atoms with E-state index in [-0.39, 0.29) is 12.2 Å². The highest BCUT2D eigenvalue weighted by atomic mass is 32.2. The molecule has 0 atom stereocenters. The summed E-state index contributed by atoms with van der Waals surface area (Å²) in [6.07, 6.45) is 2.86. The summed E-state index contributed by atoms with van der Waals surface area (Å²) >= 11 is 0. The van der Waals surface area contributed by atoms with Gasteiger partial charge in [0.2, 0.25) is 0 Å². The van der Waals surface area contributed by atoms with Crippen molar-refractivity contribution in [3.05, 3.63) is 96.6 Å². The van der Waals surface area contributed by atoms with Crippen LogP contribution in [0, 0.1) is 0 Å². The lowest BCUT2D eigenvalue weighted by molar-refractivity contribution is -0.142. The van der Waals surface area contributed by atoms with Gasteiger partial charge in [0.15, 0.2) is 0 Å². The summed E-state index contributed by atoms with van der Waals surface area (Å²) in [6.45, 7) is -1.18. The predicted molar refractivity (Wildman–Crippen MR) is 150 cm³/mol. The zero-order chi connectivity index (χ0) is 29.2. The molecule has 0 N–H and O–H groups in total. The van der Waals surface area contributed by atoms with Crippen LogP contribution >= 0.6 is 0 Å². The molecule has 3 heterocycles. The fraction of sp³-hybridized carbons (Fsp3) is 0.172. The third kappa shape index (κ3) is 6.95. The van der Waals surface area contributed by atoms with Crippen LogP contribution in [0.3, 0.4) is 0 Å². The molecule has 41 heavy (non-hydrogen) atoms. The number of para-hydroxylation sites is 1. The van der Waals surface area contributed by atoms with Crippen molar-refractivity contribution in [3.8, 4) is 28.1 Å². The topological polar surface area (TPSA) is 99.3 Å². The number of hydrogen-bond donors (Lipinski definition) is 0. The van der Waals surface area contributed by atoms with Gasteiger partial charge in [-0.1, -0.05) is 18.2 Å². The van der Waals surface area contributed by atoms with Crippen molar-refractivity contribution < 1.29 is 26.9 Å². The Hall–Kier alpha value is -4.58. The molecule has 0 aliphatic rings. The minimum absolute atomic E-state index is 0.0283. The van der Waals surface area contributed by atoms with Gasteiger partial charge in [-0.3, -0.25) is 14.5 Å². The number of benzene rings is 2. The van der Waals surface area contributed by atoms with Crippen molar-refractivity contribution in [3.63, 3.8) is 0 Å². The van der Waals surface area contributed by atoms with Crippen molar-refractivity contribution in [1.29, 1.82) is 0 Å². The number of hydrogen-bond acceptors (Lipinski definition) is 6. The SMILES string of the molecule is CS(C)(=O)=NC(=O)c1cc(COc2ccc(-c3nn(CC(F)(F)F)cc3-c3ccncc3)cc2)nc2ccccc12. The van der Waals surface area contributed by atoms with E-state index in [2.05, 4.69) is 19.4 Å². The molecule has 8 nitrogen and oxygen atoms in total. The Morgan fingerprint density at radius 1 is 1.00 bits per heavy atom. The van der Waals surface area contributed by atoms with Gasteiger partial charge in [0.1, 0.15) is 24.6 Å². The highest BCUT2D eigenvalue weighted by molar-refractivity contribution is 7.92. The van der Waals surface area contributed by atoms with Gasteiger partial charge >= 0.3 is 6.18 Å². The number of ether oxygens (including phenoxy) is 1. The van der Waals surface area contributed by atoms with E-state index in [1.54, 1.807) is 79.1 Å². The second-order valence-corrected chi connectivity index (χ2v) is 12.1. The van der Waals surface area contributed by atoms with Crippen molar-refractivity contribution in [2.45, 2.75) is 19.3 Å². The van der Waals surface area contributed by atoms with Crippen LogP contribution in [0.15, 0.2) is 89.7 Å². The van der Waals surface area contributed by atoms with Gasteiger partial charge in [-0.2, -0.15) is 22.6 Å². The fourth-order valence-electron chi connectivity index (χ4n) is 4.24. The van der Waals surface area contributed by atoms with E-state index in [0.29, 0.717) is 44.7 Å². The fourth-order valence-corrected chi connectivity index (χ4v) is 4.74. The molecule has 0 spiro atoms. The lowest BCUT2D eigenvalue weighted by atomic mass is 10.0. The molecule has 2 aromatic carbocycles. The average Bonchev–Trinajstić information content (AvgIpc) is 3.33. The first-order valence-corrected chi connectivity index (χ1v) is 14.7. The van der Waals surface area contributed by atoms with Crippen LogP contribution in [-0.4, -0.2) is 48.6 Å². The smallest absolute Gasteiger partial charge is 0.408 e. The molecule has 5 rings (SSSR count). The molecule has 210 valence electrons. The Labute approximate surface area is 234 Å². The molecule has 0 saturated heterocycles. The molecule has 0 fully saturated rings. The number of amides is 1. The maximum absolute atomic E-state index is 13.1. The summed E-state index contributed by atoms with van der Waals surface area (Å²) in [5.41, 5.74) is 3.53. The van der Waals surface area contributed by atoms with E-state index in [4.69, 9.17) is 4.74 Å². The number of rotatable bonds is 7. The Kier molecular flexibility index (Phi) is 7.59. The van der Waals surface area contributed by atoms with Crippen molar-refractivity contribution in [1.82, 2.24) is 19.7 Å². The predicted octanol–water partition coefficient (Wildman–Crippen LogP) is 6.17. The van der Waals surface area contributed by atoms with E-state index in [1.165, 1.54) is 18.7 Å². The Morgan fingerprint density at radius 2 is 1.71 bits per heavy atom. The van der Waals surface area contributed by atoms with E-state index in [0.717, 1.165) is 4.68 Å². The standard InChI is InChI=1S/C29H24F3N5O3S/c1-41(2,39)36-28(38)24-15-21(34-26-6-4-3-5-23(24)26)17-40-22-9-7-20(8-10-22)27-25(19-11-13-33-14-12-19)16-37(35-27)18-29(30,31)32/h3-16H,17-18H2,1-2H3. The number of pyridine rings is 2. The molecular weight excluding hydrogens is 555 g/mol. The van der Waals surface area contributed by atoms with E-state index in [9.17, 15) is 22.2 Å². The maximum atomic E-state index is 13.1. The van der Waals surface area contributed by atoms with Gasteiger partial charge in [-0.25, -0.2) is 9.19 Å². The highest BCUT2D eigenvalue weighted by Gasteiger charge is 2.29. The van der Waals surface area contributed by atoms with Crippen molar-refractivity contribution in [2.24, 2.45) is 4.36 Å². The van der Waals surface area contributed by atoms with Gasteiger partial charge < -0.3 is 4.74 Å². The molecule has 0 saturated carbocycles. The largest absolute Gasteiger partial charge is 0.487 e. The van der Waals surface area contributed by atoms with Gasteiger partial charge in [-0.15, -0.1) is 0 Å². The van der Waals surface area contributed by atoms with Gasteiger partial charge in [0, 0.05) is 57.3 Å². The second kappa shape index (κ2) is 11.1. The van der Waals surface area contributed by atoms with Crippen LogP contribution in [-0.2, 0) is 22.9 Å². The van der Waals surface area contributed by atoms with Crippen LogP contribution in [0.5, 0.6) is 5.75 Å². The lowest BCUT2D eigenvalue weighted by Crippen LogP contribution is -2.17. The molecule has 12 heteroatoms. The Bertz CT molecular complexity index is 1840. The van der Waals surface area contributed by atoms with Crippen LogP contribution in [0.4, 0.5) is 13.2 Å². The number of alkyl halides is 3.